The molecule has 6 heteroatoms. The monoisotopic (exact) mass is 360 g/mol. The largest absolute Gasteiger partial charge is 0.378 e. The summed E-state index contributed by atoms with van der Waals surface area (Å²) in [6, 6.07) is 4.40. The van der Waals surface area contributed by atoms with Gasteiger partial charge in [0.15, 0.2) is 0 Å². The average Bonchev–Trinajstić information content (AvgIpc) is 3.20. The van der Waals surface area contributed by atoms with Crippen molar-refractivity contribution in [1.82, 2.24) is 19.3 Å². The summed E-state index contributed by atoms with van der Waals surface area (Å²) in [6.07, 6.45) is 5.55. The molecule has 3 fully saturated rings. The van der Waals surface area contributed by atoms with Crippen molar-refractivity contribution in [3.8, 4) is 0 Å². The zero-order valence-electron chi connectivity index (χ0n) is 16.2. The van der Waals surface area contributed by atoms with E-state index in [0.29, 0.717) is 24.5 Å². The molecule has 0 radical (unpaired) electrons. The number of aryl methyl sites for hydroxylation is 1. The van der Waals surface area contributed by atoms with Gasteiger partial charge in [0.25, 0.3) is 0 Å². The van der Waals surface area contributed by atoms with Crippen LogP contribution in [0.3, 0.4) is 0 Å². The summed E-state index contributed by atoms with van der Waals surface area (Å²) < 4.78 is 7.61. The number of aromatic nitrogens is 1. The third kappa shape index (κ3) is 3.55. The van der Waals surface area contributed by atoms with Gasteiger partial charge in [-0.25, -0.2) is 0 Å². The van der Waals surface area contributed by atoms with E-state index < -0.39 is 0 Å². The molecule has 0 N–H and O–H groups in total. The van der Waals surface area contributed by atoms with E-state index in [0.717, 1.165) is 45.7 Å². The smallest absolute Gasteiger partial charge is 0.240 e. The Morgan fingerprint density at radius 1 is 1.19 bits per heavy atom. The molecule has 1 amide bonds. The van der Waals surface area contributed by atoms with E-state index >= 15 is 0 Å². The highest BCUT2D eigenvalue weighted by Crippen LogP contribution is 2.43. The van der Waals surface area contributed by atoms with Crippen molar-refractivity contribution in [2.75, 3.05) is 53.0 Å². The highest BCUT2D eigenvalue weighted by Gasteiger charge is 2.47. The zero-order chi connectivity index (χ0) is 18.1. The minimum atomic E-state index is 0.0625. The van der Waals surface area contributed by atoms with Crippen LogP contribution < -0.4 is 0 Å². The van der Waals surface area contributed by atoms with Gasteiger partial charge in [-0.3, -0.25) is 14.6 Å². The average molecular weight is 361 g/mol. The molecule has 3 aliphatic rings. The second-order valence-corrected chi connectivity index (χ2v) is 8.46. The Labute approximate surface area is 156 Å². The SMILES string of the molecule is CN1CC2(CCN(Cc3cccn3C)CC2)CC1C(=O)N1CCOCC1. The van der Waals surface area contributed by atoms with Crippen molar-refractivity contribution in [2.24, 2.45) is 12.5 Å². The number of carbonyl (C=O) groups excluding carboxylic acids is 1. The molecule has 4 heterocycles. The molecule has 1 unspecified atom stereocenters. The molecule has 6 nitrogen and oxygen atoms in total. The molecule has 0 bridgehead atoms. The summed E-state index contributed by atoms with van der Waals surface area (Å²) >= 11 is 0. The first-order valence-electron chi connectivity index (χ1n) is 9.96. The van der Waals surface area contributed by atoms with Gasteiger partial charge in [0.2, 0.25) is 5.91 Å². The van der Waals surface area contributed by atoms with Gasteiger partial charge in [-0.05, 0) is 56.9 Å². The Morgan fingerprint density at radius 3 is 2.58 bits per heavy atom. The van der Waals surface area contributed by atoms with Gasteiger partial charge in [0, 0.05) is 45.1 Å². The summed E-state index contributed by atoms with van der Waals surface area (Å²) in [7, 11) is 4.25. The first kappa shape index (κ1) is 18.0. The second-order valence-electron chi connectivity index (χ2n) is 8.46. The van der Waals surface area contributed by atoms with E-state index in [1.54, 1.807) is 0 Å². The van der Waals surface area contributed by atoms with E-state index in [4.69, 9.17) is 4.74 Å². The van der Waals surface area contributed by atoms with Crippen LogP contribution in [0.5, 0.6) is 0 Å². The van der Waals surface area contributed by atoms with Crippen LogP contribution in [-0.4, -0.2) is 84.2 Å². The van der Waals surface area contributed by atoms with Gasteiger partial charge < -0.3 is 14.2 Å². The molecule has 3 saturated heterocycles. The van der Waals surface area contributed by atoms with E-state index in [2.05, 4.69) is 46.8 Å². The van der Waals surface area contributed by atoms with Crippen molar-refractivity contribution >= 4 is 5.91 Å². The summed E-state index contributed by atoms with van der Waals surface area (Å²) in [6.45, 7) is 7.23. The Morgan fingerprint density at radius 2 is 1.92 bits per heavy atom. The van der Waals surface area contributed by atoms with Gasteiger partial charge >= 0.3 is 0 Å². The minimum Gasteiger partial charge on any atom is -0.378 e. The van der Waals surface area contributed by atoms with Crippen LogP contribution in [0.4, 0.5) is 0 Å². The number of ether oxygens (including phenoxy) is 1. The molecule has 0 aliphatic carbocycles. The van der Waals surface area contributed by atoms with Crippen LogP contribution in [0.25, 0.3) is 0 Å². The number of hydrogen-bond acceptors (Lipinski definition) is 4. The van der Waals surface area contributed by atoms with E-state index in [1.165, 1.54) is 18.5 Å². The molecule has 0 aromatic carbocycles. The van der Waals surface area contributed by atoms with E-state index in [1.807, 2.05) is 4.90 Å². The maximum Gasteiger partial charge on any atom is 0.240 e. The van der Waals surface area contributed by atoms with Crippen molar-refractivity contribution in [3.05, 3.63) is 24.0 Å². The second kappa shape index (κ2) is 7.33. The number of hydrogen-bond donors (Lipinski definition) is 0. The predicted molar refractivity (Wildman–Crippen MR) is 101 cm³/mol. The molecule has 1 aromatic rings. The maximum absolute atomic E-state index is 13.0. The number of likely N-dealkylation sites (N-methyl/N-ethyl adjacent to an activating group) is 1. The lowest BCUT2D eigenvalue weighted by Crippen LogP contribution is -2.48. The van der Waals surface area contributed by atoms with Crippen molar-refractivity contribution in [1.29, 1.82) is 0 Å². The topological polar surface area (TPSA) is 41.0 Å². The fraction of sp³-hybridized carbons (Fsp3) is 0.750. The van der Waals surface area contributed by atoms with Crippen molar-refractivity contribution < 1.29 is 9.53 Å². The van der Waals surface area contributed by atoms with Crippen LogP contribution in [0, 0.1) is 5.41 Å². The number of carbonyl (C=O) groups is 1. The predicted octanol–water partition coefficient (Wildman–Crippen LogP) is 1.17. The molecule has 26 heavy (non-hydrogen) atoms. The summed E-state index contributed by atoms with van der Waals surface area (Å²) in [5.74, 6) is 0.318. The zero-order valence-corrected chi connectivity index (χ0v) is 16.2. The van der Waals surface area contributed by atoms with E-state index in [-0.39, 0.29) is 6.04 Å². The van der Waals surface area contributed by atoms with Crippen LogP contribution >= 0.6 is 0 Å². The van der Waals surface area contributed by atoms with Gasteiger partial charge in [0.1, 0.15) is 0 Å². The molecule has 3 aliphatic heterocycles. The standard InChI is InChI=1S/C20H32N4O2/c1-21-7-3-4-17(21)15-23-8-5-20(6-9-23)14-18(22(2)16-20)19(25)24-10-12-26-13-11-24/h3-4,7,18H,5-6,8-16H2,1-2H3. The Balaban J connectivity index is 1.34. The van der Waals surface area contributed by atoms with Gasteiger partial charge in [0.05, 0.1) is 19.3 Å². The Hall–Kier alpha value is -1.37. The third-order valence-corrected chi connectivity index (χ3v) is 6.70. The summed E-state index contributed by atoms with van der Waals surface area (Å²) in [5, 5.41) is 0. The molecule has 1 spiro atoms. The number of piperidine rings is 1. The van der Waals surface area contributed by atoms with Crippen molar-refractivity contribution in [2.45, 2.75) is 31.8 Å². The highest BCUT2D eigenvalue weighted by atomic mass is 16.5. The Kier molecular flexibility index (Phi) is 5.08. The molecule has 0 saturated carbocycles. The van der Waals surface area contributed by atoms with Gasteiger partial charge in [-0.2, -0.15) is 0 Å². The number of rotatable bonds is 3. The lowest BCUT2D eigenvalue weighted by molar-refractivity contribution is -0.139. The maximum atomic E-state index is 13.0. The van der Waals surface area contributed by atoms with Crippen molar-refractivity contribution in [3.63, 3.8) is 0 Å². The lowest BCUT2D eigenvalue weighted by Gasteiger charge is -2.39. The summed E-state index contributed by atoms with van der Waals surface area (Å²) in [5.41, 5.74) is 1.70. The number of morpholine rings is 1. The molecular formula is C20H32N4O2. The first-order chi connectivity index (χ1) is 12.6. The normalized spacial score (nSPS) is 27.3. The highest BCUT2D eigenvalue weighted by molar-refractivity contribution is 5.82. The summed E-state index contributed by atoms with van der Waals surface area (Å²) in [4.78, 5) is 19.9. The van der Waals surface area contributed by atoms with E-state index in [9.17, 15) is 4.79 Å². The molecule has 1 aromatic heterocycles. The number of amides is 1. The van der Waals surface area contributed by atoms with Crippen LogP contribution in [0.2, 0.25) is 0 Å². The molecule has 1 atom stereocenters. The quantitative estimate of drug-likeness (QED) is 0.811. The first-order valence-corrected chi connectivity index (χ1v) is 9.96. The molecule has 144 valence electrons. The number of likely N-dealkylation sites (tertiary alicyclic amines) is 2. The third-order valence-electron chi connectivity index (χ3n) is 6.70. The molecular weight excluding hydrogens is 328 g/mol. The fourth-order valence-electron chi connectivity index (χ4n) is 4.98. The van der Waals surface area contributed by atoms with Crippen LogP contribution in [0.1, 0.15) is 25.0 Å². The fourth-order valence-corrected chi connectivity index (χ4v) is 4.98. The number of nitrogens with zero attached hydrogens (tertiary/aromatic N) is 4. The Bertz CT molecular complexity index is 630. The van der Waals surface area contributed by atoms with Gasteiger partial charge in [-0.1, -0.05) is 0 Å². The van der Waals surface area contributed by atoms with Gasteiger partial charge in [-0.15, -0.1) is 0 Å². The lowest BCUT2D eigenvalue weighted by atomic mass is 9.76. The minimum absolute atomic E-state index is 0.0625. The van der Waals surface area contributed by atoms with Crippen LogP contribution in [-0.2, 0) is 23.1 Å². The van der Waals surface area contributed by atoms with Crippen LogP contribution in [0.15, 0.2) is 18.3 Å². The molecule has 4 rings (SSSR count).